The predicted molar refractivity (Wildman–Crippen MR) is 182 cm³/mol. The Labute approximate surface area is 281 Å². The molecule has 2 aromatic heterocycles. The van der Waals surface area contributed by atoms with Gasteiger partial charge in [0.15, 0.2) is 11.6 Å². The molecule has 4 N–H and O–H groups in total. The number of fused-ring (bicyclic) bond motifs is 2. The van der Waals surface area contributed by atoms with Crippen molar-refractivity contribution in [1.82, 2.24) is 30.6 Å². The summed E-state index contributed by atoms with van der Waals surface area (Å²) in [6, 6.07) is 14.5. The lowest BCUT2D eigenvalue weighted by Crippen LogP contribution is -2.31. The number of halogens is 4. The molecular formula is C37H40F4N8. The second kappa shape index (κ2) is 12.3. The van der Waals surface area contributed by atoms with E-state index in [1.54, 1.807) is 0 Å². The minimum Gasteiger partial charge on any atom is -0.367 e. The van der Waals surface area contributed by atoms with Gasteiger partial charge in [0.1, 0.15) is 29.7 Å². The molecule has 0 unspecified atom stereocenters. The zero-order valence-corrected chi connectivity index (χ0v) is 27.2. The number of imidazole rings is 2. The minimum absolute atomic E-state index is 0.0562. The van der Waals surface area contributed by atoms with Gasteiger partial charge in [-0.05, 0) is 79.6 Å². The first kappa shape index (κ1) is 30.9. The number of hydrogen-bond donors (Lipinski definition) is 4. The van der Waals surface area contributed by atoms with Gasteiger partial charge in [0.05, 0.1) is 46.2 Å². The lowest BCUT2D eigenvalue weighted by Gasteiger charge is -2.35. The topological polar surface area (TPSA) is 87.9 Å². The van der Waals surface area contributed by atoms with Gasteiger partial charge in [-0.15, -0.1) is 0 Å². The first-order valence-electron chi connectivity index (χ1n) is 17.6. The van der Waals surface area contributed by atoms with Gasteiger partial charge in [0.2, 0.25) is 0 Å². The van der Waals surface area contributed by atoms with Crippen LogP contribution in [0.1, 0.15) is 91.9 Å². The Bertz CT molecular complexity index is 1870. The number of alkyl halides is 2. The Morgan fingerprint density at radius 1 is 0.653 bits per heavy atom. The molecule has 0 radical (unpaired) electrons. The highest BCUT2D eigenvalue weighted by molar-refractivity contribution is 5.78. The lowest BCUT2D eigenvalue weighted by molar-refractivity contribution is 0.354. The molecule has 0 bridgehead atoms. The predicted octanol–water partition coefficient (Wildman–Crippen LogP) is 7.54. The zero-order valence-electron chi connectivity index (χ0n) is 27.2. The standard InChI is InChI=1S/C37H40F4N8/c38-22-14-31(42-18-22)36-44-27-6-4-20(12-29(27)46-36)33-8-9-34(21-5-7-28-30(13-21)47-37(45-28)32-15-23(39)19-43-32)49(33)24-16-25(40)35(26(41)17-24)48-10-2-1-3-11-48/h4-7,12-13,16-17,22-23,31-34,42-43H,1-3,8-11,14-15,18-19H2,(H,44,46)(H,45,47)/t22-,23-,31-,32-,33-,34+/m0/s1. The van der Waals surface area contributed by atoms with Crippen LogP contribution in [0.2, 0.25) is 0 Å². The Balaban J connectivity index is 1.09. The van der Waals surface area contributed by atoms with Crippen molar-refractivity contribution in [3.05, 3.63) is 82.9 Å². The van der Waals surface area contributed by atoms with Gasteiger partial charge in [-0.3, -0.25) is 0 Å². The number of anilines is 2. The van der Waals surface area contributed by atoms with Crippen molar-refractivity contribution in [2.45, 2.75) is 81.5 Å². The molecule has 3 aromatic carbocycles. The molecule has 4 aliphatic rings. The summed E-state index contributed by atoms with van der Waals surface area (Å²) in [5.41, 5.74) is 5.85. The maximum absolute atomic E-state index is 16.0. The van der Waals surface area contributed by atoms with Crippen molar-refractivity contribution in [2.24, 2.45) is 0 Å². The number of H-pyrrole nitrogens is 2. The van der Waals surface area contributed by atoms with E-state index in [1.807, 2.05) is 29.2 Å². The van der Waals surface area contributed by atoms with Gasteiger partial charge in [0.25, 0.3) is 0 Å². The second-order valence-electron chi connectivity index (χ2n) is 14.2. The van der Waals surface area contributed by atoms with Crippen LogP contribution in [-0.4, -0.2) is 58.5 Å². The first-order chi connectivity index (χ1) is 23.9. The molecule has 6 heterocycles. The average molecular weight is 673 g/mol. The summed E-state index contributed by atoms with van der Waals surface area (Å²) in [6.45, 7) is 1.92. The van der Waals surface area contributed by atoms with E-state index in [-0.39, 0.29) is 29.9 Å². The third kappa shape index (κ3) is 5.62. The van der Waals surface area contributed by atoms with Crippen LogP contribution in [0.15, 0.2) is 48.5 Å². The fourth-order valence-electron chi connectivity index (χ4n) is 8.59. The van der Waals surface area contributed by atoms with Crippen molar-refractivity contribution >= 4 is 33.4 Å². The maximum Gasteiger partial charge on any atom is 0.151 e. The highest BCUT2D eigenvalue weighted by Crippen LogP contribution is 2.49. The van der Waals surface area contributed by atoms with Crippen LogP contribution in [0.3, 0.4) is 0 Å². The molecule has 12 heteroatoms. The number of rotatable bonds is 6. The van der Waals surface area contributed by atoms with Gasteiger partial charge in [-0.2, -0.15) is 0 Å². The van der Waals surface area contributed by atoms with E-state index in [0.29, 0.717) is 56.4 Å². The molecule has 6 atom stereocenters. The number of aromatic amines is 2. The van der Waals surface area contributed by atoms with Crippen molar-refractivity contribution in [3.8, 4) is 0 Å². The molecular weight excluding hydrogens is 632 g/mol. The monoisotopic (exact) mass is 672 g/mol. The number of piperidine rings is 1. The second-order valence-corrected chi connectivity index (χ2v) is 14.2. The fourth-order valence-corrected chi connectivity index (χ4v) is 8.59. The SMILES string of the molecule is Fc1cc(N2[C@@H](c3ccc4nc([C@@H]5C[C@H](F)CN5)[nH]c4c3)CC[C@H]2c2ccc3nc([C@@H]4C[C@H](F)CN4)[nH]c3c2)cc(F)c1N1CCCCC1. The third-order valence-electron chi connectivity index (χ3n) is 11.0. The molecule has 0 amide bonds. The molecule has 49 heavy (non-hydrogen) atoms. The summed E-state index contributed by atoms with van der Waals surface area (Å²) < 4.78 is 59.8. The molecule has 256 valence electrons. The van der Waals surface area contributed by atoms with Crippen LogP contribution >= 0.6 is 0 Å². The van der Waals surface area contributed by atoms with Crippen LogP contribution in [0, 0.1) is 11.6 Å². The van der Waals surface area contributed by atoms with Crippen molar-refractivity contribution < 1.29 is 17.6 Å². The molecule has 8 nitrogen and oxygen atoms in total. The largest absolute Gasteiger partial charge is 0.367 e. The molecule has 4 saturated heterocycles. The van der Waals surface area contributed by atoms with Crippen LogP contribution in [0.4, 0.5) is 28.9 Å². The Hall–Kier alpha value is -4.16. The Morgan fingerprint density at radius 2 is 1.16 bits per heavy atom. The number of nitrogens with one attached hydrogen (secondary N) is 4. The highest BCUT2D eigenvalue weighted by Gasteiger charge is 2.38. The zero-order chi connectivity index (χ0) is 33.2. The van der Waals surface area contributed by atoms with E-state index < -0.39 is 24.0 Å². The summed E-state index contributed by atoms with van der Waals surface area (Å²) in [5, 5.41) is 6.40. The van der Waals surface area contributed by atoms with Gasteiger partial charge in [0, 0.05) is 44.7 Å². The molecule has 4 fully saturated rings. The summed E-state index contributed by atoms with van der Waals surface area (Å²) in [6.07, 6.45) is 3.40. The third-order valence-corrected chi connectivity index (χ3v) is 11.0. The van der Waals surface area contributed by atoms with Crippen LogP contribution < -0.4 is 20.4 Å². The first-order valence-corrected chi connectivity index (χ1v) is 17.6. The fraction of sp³-hybridized carbons (Fsp3) is 0.459. The van der Waals surface area contributed by atoms with Gasteiger partial charge in [-0.25, -0.2) is 27.5 Å². The summed E-state index contributed by atoms with van der Waals surface area (Å²) in [5.74, 6) is 0.337. The lowest BCUT2D eigenvalue weighted by atomic mass is 10.0. The van der Waals surface area contributed by atoms with E-state index in [2.05, 4.69) is 37.6 Å². The van der Waals surface area contributed by atoms with E-state index in [4.69, 9.17) is 9.97 Å². The van der Waals surface area contributed by atoms with E-state index in [0.717, 1.165) is 65.3 Å². The summed E-state index contributed by atoms with van der Waals surface area (Å²) in [4.78, 5) is 20.3. The number of benzene rings is 3. The Morgan fingerprint density at radius 3 is 1.63 bits per heavy atom. The average Bonchev–Trinajstić information content (AvgIpc) is 3.93. The highest BCUT2D eigenvalue weighted by atomic mass is 19.1. The smallest absolute Gasteiger partial charge is 0.151 e. The van der Waals surface area contributed by atoms with Crippen LogP contribution in [0.5, 0.6) is 0 Å². The van der Waals surface area contributed by atoms with Crippen molar-refractivity contribution in [2.75, 3.05) is 36.0 Å². The molecule has 9 rings (SSSR count). The van der Waals surface area contributed by atoms with Crippen molar-refractivity contribution in [3.63, 3.8) is 0 Å². The van der Waals surface area contributed by atoms with Gasteiger partial charge >= 0.3 is 0 Å². The molecule has 0 saturated carbocycles. The molecule has 0 spiro atoms. The minimum atomic E-state index is -0.894. The molecule has 4 aliphatic heterocycles. The van der Waals surface area contributed by atoms with Crippen LogP contribution in [-0.2, 0) is 0 Å². The summed E-state index contributed by atoms with van der Waals surface area (Å²) in [7, 11) is 0. The number of aromatic nitrogens is 4. The van der Waals surface area contributed by atoms with Gasteiger partial charge in [-0.1, -0.05) is 12.1 Å². The number of hydrogen-bond acceptors (Lipinski definition) is 6. The Kier molecular flexibility index (Phi) is 7.76. The molecule has 0 aliphatic carbocycles. The molecule has 5 aromatic rings. The van der Waals surface area contributed by atoms with E-state index in [1.165, 1.54) is 12.1 Å². The number of nitrogens with zero attached hydrogens (tertiary/aromatic N) is 4. The maximum atomic E-state index is 16.0. The van der Waals surface area contributed by atoms with E-state index in [9.17, 15) is 8.78 Å². The van der Waals surface area contributed by atoms with Crippen LogP contribution in [0.25, 0.3) is 22.1 Å². The quantitative estimate of drug-likeness (QED) is 0.140. The summed E-state index contributed by atoms with van der Waals surface area (Å²) >= 11 is 0. The normalized spacial score (nSPS) is 27.7. The van der Waals surface area contributed by atoms with E-state index >= 15 is 8.78 Å². The van der Waals surface area contributed by atoms with Gasteiger partial charge < -0.3 is 30.4 Å². The van der Waals surface area contributed by atoms with Crippen molar-refractivity contribution in [1.29, 1.82) is 0 Å².